The van der Waals surface area contributed by atoms with Crippen LogP contribution in [0, 0.1) is 23.7 Å². The third-order valence-corrected chi connectivity index (χ3v) is 5.60. The first-order valence-electron chi connectivity index (χ1n) is 7.96. The lowest BCUT2D eigenvalue weighted by molar-refractivity contribution is -0.0951. The van der Waals surface area contributed by atoms with Crippen LogP contribution in [0.25, 0.3) is 0 Å². The molecular formula is C17H28O3. The summed E-state index contributed by atoms with van der Waals surface area (Å²) in [5.41, 5.74) is 1.24. The van der Waals surface area contributed by atoms with E-state index in [1.165, 1.54) is 12.0 Å². The molecule has 0 aromatic carbocycles. The molecule has 0 radical (unpaired) electrons. The van der Waals surface area contributed by atoms with E-state index in [4.69, 9.17) is 9.47 Å². The van der Waals surface area contributed by atoms with Crippen LogP contribution in [0.2, 0.25) is 0 Å². The number of methoxy groups -OCH3 is 1. The Hall–Kier alpha value is -0.380. The minimum absolute atomic E-state index is 0.0724. The van der Waals surface area contributed by atoms with Gasteiger partial charge in [0.25, 0.3) is 0 Å². The van der Waals surface area contributed by atoms with Crippen LogP contribution < -0.4 is 0 Å². The molecule has 3 heteroatoms. The molecule has 114 valence electrons. The van der Waals surface area contributed by atoms with Gasteiger partial charge in [0.05, 0.1) is 24.4 Å². The number of aliphatic hydroxyl groups excluding tert-OH is 1. The molecule has 0 amide bonds. The minimum Gasteiger partial charge on any atom is -0.392 e. The Bertz CT molecular complexity index is 395. The van der Waals surface area contributed by atoms with E-state index in [9.17, 15) is 5.11 Å². The Morgan fingerprint density at radius 3 is 2.75 bits per heavy atom. The zero-order valence-corrected chi connectivity index (χ0v) is 13.1. The maximum atomic E-state index is 10.9. The SMILES string of the molecule is COC1C2CC2CC2(CO2)C1C(O)C(C)CC=C(C)C. The first kappa shape index (κ1) is 14.6. The topological polar surface area (TPSA) is 42.0 Å². The van der Waals surface area contributed by atoms with Crippen molar-refractivity contribution in [2.45, 2.75) is 57.8 Å². The monoisotopic (exact) mass is 280 g/mol. The first-order valence-corrected chi connectivity index (χ1v) is 7.96. The molecule has 1 spiro atoms. The van der Waals surface area contributed by atoms with Crippen LogP contribution in [-0.2, 0) is 9.47 Å². The Morgan fingerprint density at radius 1 is 1.50 bits per heavy atom. The fourth-order valence-corrected chi connectivity index (χ4v) is 4.20. The van der Waals surface area contributed by atoms with Gasteiger partial charge >= 0.3 is 0 Å². The molecule has 1 heterocycles. The van der Waals surface area contributed by atoms with Gasteiger partial charge in [0.2, 0.25) is 0 Å². The third kappa shape index (κ3) is 2.44. The summed E-state index contributed by atoms with van der Waals surface area (Å²) < 4.78 is 11.6. The molecule has 1 N–H and O–H groups in total. The van der Waals surface area contributed by atoms with E-state index in [0.717, 1.165) is 25.4 Å². The highest BCUT2D eigenvalue weighted by Gasteiger charge is 2.67. The van der Waals surface area contributed by atoms with E-state index in [2.05, 4.69) is 26.8 Å². The quantitative estimate of drug-likeness (QED) is 0.622. The molecule has 3 aliphatic rings. The van der Waals surface area contributed by atoms with Crippen molar-refractivity contribution in [3.63, 3.8) is 0 Å². The second-order valence-electron chi connectivity index (χ2n) is 7.43. The average Bonchev–Trinajstić information content (AvgIpc) is 3.32. The van der Waals surface area contributed by atoms with Crippen molar-refractivity contribution in [2.24, 2.45) is 23.7 Å². The maximum absolute atomic E-state index is 10.9. The molecule has 20 heavy (non-hydrogen) atoms. The fraction of sp³-hybridized carbons (Fsp3) is 0.882. The summed E-state index contributed by atoms with van der Waals surface area (Å²) in [4.78, 5) is 0. The minimum atomic E-state index is -0.334. The zero-order valence-electron chi connectivity index (χ0n) is 13.1. The lowest BCUT2D eigenvalue weighted by Crippen LogP contribution is -2.50. The van der Waals surface area contributed by atoms with Crippen LogP contribution in [0.5, 0.6) is 0 Å². The zero-order chi connectivity index (χ0) is 14.5. The summed E-state index contributed by atoms with van der Waals surface area (Å²) in [6.07, 6.45) is 5.39. The van der Waals surface area contributed by atoms with Gasteiger partial charge < -0.3 is 14.6 Å². The van der Waals surface area contributed by atoms with Gasteiger partial charge in [-0.2, -0.15) is 0 Å². The van der Waals surface area contributed by atoms with Crippen molar-refractivity contribution in [1.82, 2.24) is 0 Å². The van der Waals surface area contributed by atoms with Crippen molar-refractivity contribution in [1.29, 1.82) is 0 Å². The van der Waals surface area contributed by atoms with Gasteiger partial charge in [0, 0.05) is 13.0 Å². The summed E-state index contributed by atoms with van der Waals surface area (Å²) in [5, 5.41) is 10.9. The van der Waals surface area contributed by atoms with Crippen molar-refractivity contribution < 1.29 is 14.6 Å². The Kier molecular flexibility index (Phi) is 3.72. The van der Waals surface area contributed by atoms with Crippen molar-refractivity contribution in [3.05, 3.63) is 11.6 Å². The third-order valence-electron chi connectivity index (χ3n) is 5.60. The lowest BCUT2D eigenvalue weighted by Gasteiger charge is -2.40. The van der Waals surface area contributed by atoms with Crippen LogP contribution in [0.4, 0.5) is 0 Å². The van der Waals surface area contributed by atoms with Gasteiger partial charge in [-0.1, -0.05) is 18.6 Å². The van der Waals surface area contributed by atoms with Gasteiger partial charge in [-0.3, -0.25) is 0 Å². The van der Waals surface area contributed by atoms with Crippen LogP contribution in [0.15, 0.2) is 11.6 Å². The number of rotatable bonds is 5. The van der Waals surface area contributed by atoms with Crippen LogP contribution in [-0.4, -0.2) is 36.6 Å². The molecule has 2 saturated carbocycles. The maximum Gasteiger partial charge on any atom is 0.0997 e. The lowest BCUT2D eigenvalue weighted by atomic mass is 9.71. The molecule has 7 unspecified atom stereocenters. The smallest absolute Gasteiger partial charge is 0.0997 e. The van der Waals surface area contributed by atoms with Gasteiger partial charge in [-0.25, -0.2) is 0 Å². The molecule has 3 rings (SSSR count). The average molecular weight is 280 g/mol. The van der Waals surface area contributed by atoms with Crippen LogP contribution in [0.1, 0.15) is 40.0 Å². The highest BCUT2D eigenvalue weighted by Crippen LogP contribution is 2.62. The number of hydrogen-bond acceptors (Lipinski definition) is 3. The first-order chi connectivity index (χ1) is 9.48. The van der Waals surface area contributed by atoms with Gasteiger partial charge in [-0.15, -0.1) is 0 Å². The number of aliphatic hydroxyl groups is 1. The predicted octanol–water partition coefficient (Wildman–Crippen LogP) is 2.78. The Labute approximate surface area is 122 Å². The van der Waals surface area contributed by atoms with E-state index in [0.29, 0.717) is 5.92 Å². The molecule has 0 aromatic rings. The molecule has 0 bridgehead atoms. The molecule has 0 aromatic heterocycles. The van der Waals surface area contributed by atoms with Gasteiger partial charge in [0.1, 0.15) is 0 Å². The predicted molar refractivity (Wildman–Crippen MR) is 78.4 cm³/mol. The number of allylic oxidation sites excluding steroid dienone is 2. The van der Waals surface area contributed by atoms with Crippen LogP contribution in [0.3, 0.4) is 0 Å². The van der Waals surface area contributed by atoms with E-state index in [1.54, 1.807) is 7.11 Å². The van der Waals surface area contributed by atoms with E-state index in [1.807, 2.05) is 0 Å². The number of hydrogen-bond donors (Lipinski definition) is 1. The van der Waals surface area contributed by atoms with Crippen molar-refractivity contribution >= 4 is 0 Å². The highest BCUT2D eigenvalue weighted by molar-refractivity contribution is 5.16. The fourth-order valence-electron chi connectivity index (χ4n) is 4.20. The summed E-state index contributed by atoms with van der Waals surface area (Å²) >= 11 is 0. The molecule has 3 fully saturated rings. The molecule has 1 aliphatic heterocycles. The van der Waals surface area contributed by atoms with E-state index in [-0.39, 0.29) is 29.6 Å². The van der Waals surface area contributed by atoms with Crippen molar-refractivity contribution in [2.75, 3.05) is 13.7 Å². The Morgan fingerprint density at radius 2 is 2.20 bits per heavy atom. The number of fused-ring (bicyclic) bond motifs is 1. The summed E-state index contributed by atoms with van der Waals surface area (Å²) in [7, 11) is 1.79. The molecule has 2 aliphatic carbocycles. The highest BCUT2D eigenvalue weighted by atomic mass is 16.6. The summed E-state index contributed by atoms with van der Waals surface area (Å²) in [5.74, 6) is 1.84. The number of epoxide rings is 1. The van der Waals surface area contributed by atoms with Gasteiger partial charge in [0.15, 0.2) is 0 Å². The molecule has 1 saturated heterocycles. The summed E-state index contributed by atoms with van der Waals surface area (Å²) in [6, 6.07) is 0. The second-order valence-corrected chi connectivity index (χ2v) is 7.43. The standard InChI is InChI=1S/C17H28O3/c1-10(2)5-6-11(3)15(18)14-16(19-4)13-7-12(13)8-17(14)9-20-17/h5,11-16,18H,6-9H2,1-4H3. The molecule has 7 atom stereocenters. The van der Waals surface area contributed by atoms with E-state index < -0.39 is 0 Å². The summed E-state index contributed by atoms with van der Waals surface area (Å²) in [6.45, 7) is 7.18. The molecular weight excluding hydrogens is 252 g/mol. The van der Waals surface area contributed by atoms with E-state index >= 15 is 0 Å². The second kappa shape index (κ2) is 5.11. The largest absolute Gasteiger partial charge is 0.392 e. The van der Waals surface area contributed by atoms with Crippen LogP contribution >= 0.6 is 0 Å². The molecule has 3 nitrogen and oxygen atoms in total. The van der Waals surface area contributed by atoms with Gasteiger partial charge in [-0.05, 0) is 50.9 Å². The normalized spacial score (nSPS) is 44.6. The Balaban J connectivity index is 1.74. The van der Waals surface area contributed by atoms with Crippen molar-refractivity contribution in [3.8, 4) is 0 Å². The number of ether oxygens (including phenoxy) is 2.